The van der Waals surface area contributed by atoms with Crippen LogP contribution in [0.4, 0.5) is 4.39 Å². The van der Waals surface area contributed by atoms with Gasteiger partial charge in [-0.05, 0) is 30.8 Å². The molecule has 0 bridgehead atoms. The van der Waals surface area contributed by atoms with Crippen molar-refractivity contribution in [1.82, 2.24) is 10.2 Å². The highest BCUT2D eigenvalue weighted by atomic mass is 19.1. The molecule has 5 heteroatoms. The molecule has 0 heterocycles. The first-order valence-corrected chi connectivity index (χ1v) is 6.91. The van der Waals surface area contributed by atoms with E-state index in [1.165, 1.54) is 19.2 Å². The highest BCUT2D eigenvalue weighted by Crippen LogP contribution is 2.15. The Labute approximate surface area is 119 Å². The number of nitrogens with one attached hydrogen (secondary N) is 1. The third kappa shape index (κ3) is 4.90. The minimum Gasteiger partial charge on any atom is -0.468 e. The second-order valence-electron chi connectivity index (χ2n) is 4.49. The van der Waals surface area contributed by atoms with Crippen LogP contribution in [-0.4, -0.2) is 44.2 Å². The summed E-state index contributed by atoms with van der Waals surface area (Å²) >= 11 is 0. The number of carbonyl (C=O) groups excluding carboxylic acids is 1. The molecule has 1 unspecified atom stereocenters. The molecule has 0 amide bonds. The summed E-state index contributed by atoms with van der Waals surface area (Å²) in [6, 6.07) is 5.38. The molecular formula is C15H23FN2O2. The summed E-state index contributed by atoms with van der Waals surface area (Å²) < 4.78 is 18.0. The fourth-order valence-corrected chi connectivity index (χ4v) is 2.05. The van der Waals surface area contributed by atoms with Crippen LogP contribution >= 0.6 is 0 Å². The molecule has 112 valence electrons. The summed E-state index contributed by atoms with van der Waals surface area (Å²) in [5, 5.41) is 3.13. The quantitative estimate of drug-likeness (QED) is 0.740. The lowest BCUT2D eigenvalue weighted by molar-refractivity contribution is -0.143. The number of hydrogen-bond donors (Lipinski definition) is 1. The Morgan fingerprint density at radius 1 is 1.40 bits per heavy atom. The maximum absolute atomic E-state index is 13.3. The van der Waals surface area contributed by atoms with E-state index in [9.17, 15) is 9.18 Å². The summed E-state index contributed by atoms with van der Waals surface area (Å²) in [7, 11) is 1.33. The predicted octanol–water partition coefficient (Wildman–Crippen LogP) is 1.97. The highest BCUT2D eigenvalue weighted by Gasteiger charge is 2.21. The number of halogens is 1. The third-order valence-electron chi connectivity index (χ3n) is 3.29. The summed E-state index contributed by atoms with van der Waals surface area (Å²) in [6.45, 7) is 7.57. The third-order valence-corrected chi connectivity index (χ3v) is 3.29. The first kappa shape index (κ1) is 16.6. The van der Waals surface area contributed by atoms with Gasteiger partial charge in [-0.1, -0.05) is 26.0 Å². The maximum Gasteiger partial charge on any atom is 0.327 e. The molecule has 0 aliphatic heterocycles. The average molecular weight is 282 g/mol. The van der Waals surface area contributed by atoms with E-state index in [2.05, 4.69) is 24.1 Å². The molecule has 0 spiro atoms. The van der Waals surface area contributed by atoms with Gasteiger partial charge >= 0.3 is 5.97 Å². The van der Waals surface area contributed by atoms with E-state index >= 15 is 0 Å². The molecule has 1 aromatic rings. The number of methoxy groups -OCH3 is 1. The maximum atomic E-state index is 13.3. The van der Waals surface area contributed by atoms with Crippen molar-refractivity contribution in [3.05, 3.63) is 35.6 Å². The van der Waals surface area contributed by atoms with E-state index in [-0.39, 0.29) is 5.82 Å². The standard InChI is InChI=1S/C15H23FN2O2/c1-4-18(5-2)10-9-17-14(15(19)20-3)12-7-6-8-13(16)11-12/h6-8,11,14,17H,4-5,9-10H2,1-3H3. The zero-order chi connectivity index (χ0) is 15.0. The van der Waals surface area contributed by atoms with E-state index in [4.69, 9.17) is 4.74 Å². The van der Waals surface area contributed by atoms with E-state index in [0.29, 0.717) is 12.1 Å². The number of hydrogen-bond acceptors (Lipinski definition) is 4. The number of carbonyl (C=O) groups is 1. The molecular weight excluding hydrogens is 259 g/mol. The Kier molecular flexibility index (Phi) is 7.18. The number of ether oxygens (including phenoxy) is 1. The van der Waals surface area contributed by atoms with Gasteiger partial charge in [0.15, 0.2) is 0 Å². The molecule has 0 aliphatic carbocycles. The molecule has 0 radical (unpaired) electrons. The molecule has 0 saturated carbocycles. The Hall–Kier alpha value is -1.46. The number of rotatable bonds is 8. The molecule has 1 rings (SSSR count). The fourth-order valence-electron chi connectivity index (χ4n) is 2.05. The number of nitrogens with zero attached hydrogens (tertiary/aromatic N) is 1. The topological polar surface area (TPSA) is 41.6 Å². The number of esters is 1. The van der Waals surface area contributed by atoms with Gasteiger partial charge < -0.3 is 9.64 Å². The predicted molar refractivity (Wildman–Crippen MR) is 76.9 cm³/mol. The van der Waals surface area contributed by atoms with Crippen molar-refractivity contribution in [2.75, 3.05) is 33.3 Å². The van der Waals surface area contributed by atoms with E-state index < -0.39 is 12.0 Å². The zero-order valence-electron chi connectivity index (χ0n) is 12.4. The lowest BCUT2D eigenvalue weighted by atomic mass is 10.1. The Morgan fingerprint density at radius 2 is 2.10 bits per heavy atom. The van der Waals surface area contributed by atoms with Crippen LogP contribution in [0.25, 0.3) is 0 Å². The smallest absolute Gasteiger partial charge is 0.327 e. The van der Waals surface area contributed by atoms with Crippen molar-refractivity contribution < 1.29 is 13.9 Å². The lowest BCUT2D eigenvalue weighted by Crippen LogP contribution is -2.36. The Morgan fingerprint density at radius 3 is 2.65 bits per heavy atom. The zero-order valence-corrected chi connectivity index (χ0v) is 12.4. The largest absolute Gasteiger partial charge is 0.468 e. The van der Waals surface area contributed by atoms with Crippen LogP contribution in [0.2, 0.25) is 0 Å². The Balaban J connectivity index is 2.68. The summed E-state index contributed by atoms with van der Waals surface area (Å²) in [6.07, 6.45) is 0. The van der Waals surface area contributed by atoms with Crippen molar-refractivity contribution in [3.8, 4) is 0 Å². The van der Waals surface area contributed by atoms with Gasteiger partial charge in [0, 0.05) is 13.1 Å². The molecule has 1 N–H and O–H groups in total. The van der Waals surface area contributed by atoms with Crippen molar-refractivity contribution in [3.63, 3.8) is 0 Å². The van der Waals surface area contributed by atoms with Gasteiger partial charge in [0.1, 0.15) is 11.9 Å². The second-order valence-corrected chi connectivity index (χ2v) is 4.49. The van der Waals surface area contributed by atoms with Gasteiger partial charge in [0.25, 0.3) is 0 Å². The molecule has 1 aromatic carbocycles. The van der Waals surface area contributed by atoms with Crippen molar-refractivity contribution in [2.45, 2.75) is 19.9 Å². The van der Waals surface area contributed by atoms with Gasteiger partial charge in [0.05, 0.1) is 7.11 Å². The van der Waals surface area contributed by atoms with E-state index in [1.807, 2.05) is 0 Å². The van der Waals surface area contributed by atoms with Crippen LogP contribution in [-0.2, 0) is 9.53 Å². The van der Waals surface area contributed by atoms with Crippen LogP contribution in [0.15, 0.2) is 24.3 Å². The Bertz CT molecular complexity index is 422. The summed E-state index contributed by atoms with van der Waals surface area (Å²) in [4.78, 5) is 14.1. The molecule has 0 aliphatic rings. The molecule has 1 atom stereocenters. The summed E-state index contributed by atoms with van der Waals surface area (Å²) in [5.41, 5.74) is 0.580. The van der Waals surface area contributed by atoms with Crippen molar-refractivity contribution >= 4 is 5.97 Å². The van der Waals surface area contributed by atoms with E-state index in [0.717, 1.165) is 19.6 Å². The van der Waals surface area contributed by atoms with Crippen LogP contribution in [0, 0.1) is 5.82 Å². The van der Waals surface area contributed by atoms with Crippen molar-refractivity contribution in [2.24, 2.45) is 0 Å². The molecule has 0 fully saturated rings. The second kappa shape index (κ2) is 8.66. The van der Waals surface area contributed by atoms with Crippen LogP contribution in [0.3, 0.4) is 0 Å². The minimum absolute atomic E-state index is 0.359. The first-order chi connectivity index (χ1) is 9.62. The minimum atomic E-state index is -0.633. The average Bonchev–Trinajstić information content (AvgIpc) is 2.47. The van der Waals surface area contributed by atoms with Gasteiger partial charge in [0.2, 0.25) is 0 Å². The van der Waals surface area contributed by atoms with Crippen LogP contribution < -0.4 is 5.32 Å². The highest BCUT2D eigenvalue weighted by molar-refractivity contribution is 5.77. The van der Waals surface area contributed by atoms with Crippen LogP contribution in [0.5, 0.6) is 0 Å². The molecule has 0 saturated heterocycles. The molecule has 4 nitrogen and oxygen atoms in total. The summed E-state index contributed by atoms with van der Waals surface area (Å²) in [5.74, 6) is -0.767. The molecule has 0 aromatic heterocycles. The normalized spacial score (nSPS) is 12.4. The van der Waals surface area contributed by atoms with Crippen molar-refractivity contribution in [1.29, 1.82) is 0 Å². The monoisotopic (exact) mass is 282 g/mol. The van der Waals surface area contributed by atoms with Gasteiger partial charge in [-0.2, -0.15) is 0 Å². The first-order valence-electron chi connectivity index (χ1n) is 6.91. The van der Waals surface area contributed by atoms with Gasteiger partial charge in [-0.15, -0.1) is 0 Å². The number of likely N-dealkylation sites (N-methyl/N-ethyl adjacent to an activating group) is 1. The van der Waals surface area contributed by atoms with Gasteiger partial charge in [-0.3, -0.25) is 5.32 Å². The van der Waals surface area contributed by atoms with E-state index in [1.54, 1.807) is 12.1 Å². The lowest BCUT2D eigenvalue weighted by Gasteiger charge is -2.21. The SMILES string of the molecule is CCN(CC)CCNC(C(=O)OC)c1cccc(F)c1. The van der Waals surface area contributed by atoms with Crippen LogP contribution in [0.1, 0.15) is 25.5 Å². The fraction of sp³-hybridized carbons (Fsp3) is 0.533. The van der Waals surface area contributed by atoms with Gasteiger partial charge in [-0.25, -0.2) is 9.18 Å². The molecule has 20 heavy (non-hydrogen) atoms. The number of benzene rings is 1.